The lowest BCUT2D eigenvalue weighted by atomic mass is 10.1. The minimum Gasteiger partial charge on any atom is -0.627 e. The van der Waals surface area contributed by atoms with Crippen LogP contribution in [-0.2, 0) is 9.59 Å². The SMILES string of the molecule is CCCC(C)[NH+]([O-])C(=O)CCC(C)=O. The van der Waals surface area contributed by atoms with E-state index in [1.54, 1.807) is 6.92 Å². The Morgan fingerprint density at radius 1 is 1.36 bits per heavy atom. The van der Waals surface area contributed by atoms with E-state index >= 15 is 0 Å². The van der Waals surface area contributed by atoms with Gasteiger partial charge < -0.3 is 15.1 Å². The molecule has 1 N–H and O–H groups in total. The predicted octanol–water partition coefficient (Wildman–Crippen LogP) is 0.454. The summed E-state index contributed by atoms with van der Waals surface area (Å²) in [6, 6.07) is -0.195. The van der Waals surface area contributed by atoms with Gasteiger partial charge in [0.1, 0.15) is 5.78 Å². The third-order valence-electron chi connectivity index (χ3n) is 2.15. The van der Waals surface area contributed by atoms with E-state index in [9.17, 15) is 14.8 Å². The molecule has 2 atom stereocenters. The van der Waals surface area contributed by atoms with E-state index in [4.69, 9.17) is 0 Å². The number of hydrogen-bond donors (Lipinski definition) is 1. The van der Waals surface area contributed by atoms with Crippen molar-refractivity contribution in [2.45, 2.75) is 52.5 Å². The number of rotatable bonds is 6. The Labute approximate surface area is 84.9 Å². The van der Waals surface area contributed by atoms with Gasteiger partial charge in [0.25, 0.3) is 0 Å². The standard InChI is InChI=1S/C10H19NO3/c1-4-5-8(2)11(14)10(13)7-6-9(3)12/h8,11H,4-7H2,1-3H3. The van der Waals surface area contributed by atoms with E-state index in [0.717, 1.165) is 12.8 Å². The van der Waals surface area contributed by atoms with Crippen molar-refractivity contribution in [3.63, 3.8) is 0 Å². The van der Waals surface area contributed by atoms with Crippen molar-refractivity contribution in [2.24, 2.45) is 0 Å². The van der Waals surface area contributed by atoms with Gasteiger partial charge in [-0.1, -0.05) is 13.3 Å². The normalized spacial score (nSPS) is 14.9. The predicted molar refractivity (Wildman–Crippen MR) is 53.6 cm³/mol. The van der Waals surface area contributed by atoms with Crippen LogP contribution in [0.25, 0.3) is 0 Å². The monoisotopic (exact) mass is 201 g/mol. The summed E-state index contributed by atoms with van der Waals surface area (Å²) in [5, 5.41) is 11.1. The highest BCUT2D eigenvalue weighted by Gasteiger charge is 2.17. The molecule has 82 valence electrons. The van der Waals surface area contributed by atoms with Crippen molar-refractivity contribution < 1.29 is 14.7 Å². The lowest BCUT2D eigenvalue weighted by molar-refractivity contribution is -0.793. The van der Waals surface area contributed by atoms with Gasteiger partial charge in [-0.2, -0.15) is 0 Å². The number of Topliss-reactive ketones (excluding diaryl/α,β-unsaturated/α-hetero) is 1. The number of ketones is 1. The van der Waals surface area contributed by atoms with E-state index in [1.807, 2.05) is 6.92 Å². The van der Waals surface area contributed by atoms with Crippen molar-refractivity contribution in [1.82, 2.24) is 0 Å². The molecule has 0 spiro atoms. The summed E-state index contributed by atoms with van der Waals surface area (Å²) < 4.78 is 0. The Morgan fingerprint density at radius 2 is 1.93 bits per heavy atom. The maximum absolute atomic E-state index is 11.4. The highest BCUT2D eigenvalue weighted by atomic mass is 16.5. The summed E-state index contributed by atoms with van der Waals surface area (Å²) in [6.45, 7) is 5.16. The maximum Gasteiger partial charge on any atom is 0.312 e. The minimum atomic E-state index is -0.402. The van der Waals surface area contributed by atoms with Crippen LogP contribution in [0.3, 0.4) is 0 Å². The smallest absolute Gasteiger partial charge is 0.312 e. The van der Waals surface area contributed by atoms with Crippen LogP contribution in [0, 0.1) is 5.21 Å². The lowest BCUT2D eigenvalue weighted by Crippen LogP contribution is -3.13. The van der Waals surface area contributed by atoms with E-state index in [0.29, 0.717) is 0 Å². The number of nitrogens with one attached hydrogen (secondary N) is 1. The van der Waals surface area contributed by atoms with E-state index < -0.39 is 5.91 Å². The Hall–Kier alpha value is -0.740. The molecular weight excluding hydrogens is 182 g/mol. The van der Waals surface area contributed by atoms with Crippen molar-refractivity contribution in [1.29, 1.82) is 0 Å². The molecule has 0 aliphatic heterocycles. The Balaban J connectivity index is 3.91. The van der Waals surface area contributed by atoms with Gasteiger partial charge in [0, 0.05) is 6.42 Å². The fraction of sp³-hybridized carbons (Fsp3) is 0.800. The molecule has 0 aliphatic rings. The first-order valence-corrected chi connectivity index (χ1v) is 5.05. The number of hydroxylamine groups is 2. The summed E-state index contributed by atoms with van der Waals surface area (Å²) in [7, 11) is 0. The second-order valence-electron chi connectivity index (χ2n) is 3.68. The van der Waals surface area contributed by atoms with Crippen LogP contribution < -0.4 is 5.06 Å². The molecule has 4 nitrogen and oxygen atoms in total. The number of amides is 1. The van der Waals surface area contributed by atoms with Crippen LogP contribution >= 0.6 is 0 Å². The molecule has 0 aromatic rings. The van der Waals surface area contributed by atoms with E-state index in [-0.39, 0.29) is 29.7 Å². The molecule has 0 saturated carbocycles. The maximum atomic E-state index is 11.4. The van der Waals surface area contributed by atoms with Crippen LogP contribution in [0.2, 0.25) is 0 Å². The average molecular weight is 201 g/mol. The second kappa shape index (κ2) is 6.68. The van der Waals surface area contributed by atoms with Gasteiger partial charge >= 0.3 is 5.91 Å². The van der Waals surface area contributed by atoms with Gasteiger partial charge in [0.15, 0.2) is 0 Å². The molecule has 0 aromatic heterocycles. The number of quaternary nitrogens is 1. The van der Waals surface area contributed by atoms with Gasteiger partial charge in [-0.05, 0) is 20.3 Å². The molecule has 0 saturated heterocycles. The summed E-state index contributed by atoms with van der Waals surface area (Å²) in [5.74, 6) is -0.449. The molecule has 1 amide bonds. The van der Waals surface area contributed by atoms with Crippen LogP contribution in [0.5, 0.6) is 0 Å². The first kappa shape index (κ1) is 13.3. The van der Waals surface area contributed by atoms with E-state index in [1.165, 1.54) is 6.92 Å². The van der Waals surface area contributed by atoms with Crippen LogP contribution in [0.15, 0.2) is 0 Å². The second-order valence-corrected chi connectivity index (χ2v) is 3.68. The Bertz CT molecular complexity index is 204. The third-order valence-corrected chi connectivity index (χ3v) is 2.15. The van der Waals surface area contributed by atoms with Gasteiger partial charge in [-0.3, -0.25) is 0 Å². The zero-order valence-electron chi connectivity index (χ0n) is 9.13. The van der Waals surface area contributed by atoms with Gasteiger partial charge in [0.2, 0.25) is 0 Å². The highest BCUT2D eigenvalue weighted by Crippen LogP contribution is 1.93. The summed E-state index contributed by atoms with van der Waals surface area (Å²) in [6.07, 6.45) is 1.89. The first-order chi connectivity index (χ1) is 6.49. The van der Waals surface area contributed by atoms with Crippen LogP contribution in [-0.4, -0.2) is 17.7 Å². The molecule has 0 bridgehead atoms. The van der Waals surface area contributed by atoms with Crippen molar-refractivity contribution in [3.05, 3.63) is 5.21 Å². The van der Waals surface area contributed by atoms with Crippen LogP contribution in [0.4, 0.5) is 0 Å². The minimum absolute atomic E-state index is 0.0469. The van der Waals surface area contributed by atoms with Gasteiger partial charge in [-0.15, -0.1) is 0 Å². The molecule has 2 unspecified atom stereocenters. The number of carbonyl (C=O) groups excluding carboxylic acids is 2. The third kappa shape index (κ3) is 5.09. The molecule has 14 heavy (non-hydrogen) atoms. The summed E-state index contributed by atoms with van der Waals surface area (Å²) in [4.78, 5) is 21.9. The van der Waals surface area contributed by atoms with E-state index in [2.05, 4.69) is 0 Å². The molecule has 0 fully saturated rings. The van der Waals surface area contributed by atoms with Gasteiger partial charge in [0.05, 0.1) is 12.5 Å². The molecule has 0 heterocycles. The van der Waals surface area contributed by atoms with Crippen LogP contribution in [0.1, 0.15) is 46.5 Å². The topological polar surface area (TPSA) is 61.6 Å². The van der Waals surface area contributed by atoms with Crippen molar-refractivity contribution in [2.75, 3.05) is 0 Å². The van der Waals surface area contributed by atoms with Crippen molar-refractivity contribution in [3.8, 4) is 0 Å². The van der Waals surface area contributed by atoms with Gasteiger partial charge in [-0.25, -0.2) is 4.79 Å². The highest BCUT2D eigenvalue weighted by molar-refractivity contribution is 5.80. The zero-order chi connectivity index (χ0) is 11.1. The molecular formula is C10H19NO3. The molecule has 0 aliphatic carbocycles. The Kier molecular flexibility index (Phi) is 6.32. The average Bonchev–Trinajstić information content (AvgIpc) is 2.13. The molecule has 0 rings (SSSR count). The van der Waals surface area contributed by atoms with Crippen molar-refractivity contribution >= 4 is 11.7 Å². The zero-order valence-corrected chi connectivity index (χ0v) is 9.13. The fourth-order valence-electron chi connectivity index (χ4n) is 1.25. The number of hydrogen-bond acceptors (Lipinski definition) is 3. The Morgan fingerprint density at radius 3 is 2.36 bits per heavy atom. The fourth-order valence-corrected chi connectivity index (χ4v) is 1.25. The molecule has 4 heteroatoms. The quantitative estimate of drug-likeness (QED) is 0.635. The number of carbonyl (C=O) groups is 2. The first-order valence-electron chi connectivity index (χ1n) is 5.05. The lowest BCUT2D eigenvalue weighted by Gasteiger charge is -2.26. The summed E-state index contributed by atoms with van der Waals surface area (Å²) in [5.41, 5.74) is 0. The summed E-state index contributed by atoms with van der Waals surface area (Å²) >= 11 is 0. The molecule has 0 radical (unpaired) electrons. The largest absolute Gasteiger partial charge is 0.627 e. The molecule has 0 aromatic carbocycles.